The van der Waals surface area contributed by atoms with Crippen molar-refractivity contribution < 1.29 is 17.9 Å². The Labute approximate surface area is 190 Å². The van der Waals surface area contributed by atoms with E-state index in [-0.39, 0.29) is 15.5 Å². The van der Waals surface area contributed by atoms with Gasteiger partial charge in [-0.3, -0.25) is 4.79 Å². The summed E-state index contributed by atoms with van der Waals surface area (Å²) in [5, 5.41) is 0. The Morgan fingerprint density at radius 1 is 1.07 bits per heavy atom. The molecule has 9 heteroatoms. The van der Waals surface area contributed by atoms with E-state index >= 15 is 0 Å². The third kappa shape index (κ3) is 4.74. The minimum atomic E-state index is -4.13. The number of anilines is 1. The smallest absolute Gasteiger partial charge is 0.282 e. The van der Waals surface area contributed by atoms with Crippen molar-refractivity contribution in [1.29, 1.82) is 0 Å². The van der Waals surface area contributed by atoms with Crippen molar-refractivity contribution in [3.63, 3.8) is 0 Å². The molecule has 29 heavy (non-hydrogen) atoms. The van der Waals surface area contributed by atoms with Crippen LogP contribution in [0.25, 0.3) is 0 Å². The van der Waals surface area contributed by atoms with Gasteiger partial charge in [0.1, 0.15) is 5.75 Å². The number of hydrogen-bond acceptors (Lipinski definition) is 5. The Morgan fingerprint density at radius 2 is 1.69 bits per heavy atom. The van der Waals surface area contributed by atoms with Crippen LogP contribution in [-0.2, 0) is 10.0 Å². The van der Waals surface area contributed by atoms with Gasteiger partial charge in [0, 0.05) is 4.47 Å². The van der Waals surface area contributed by atoms with Crippen molar-refractivity contribution in [3.8, 4) is 5.75 Å². The van der Waals surface area contributed by atoms with Crippen molar-refractivity contribution in [3.05, 3.63) is 73.3 Å². The molecule has 1 aromatic heterocycles. The molecule has 0 aliphatic carbocycles. The number of hydrogen-bond donors (Lipinski definition) is 0. The standard InChI is InChI=1S/C20H17Br2NO4S2/c1-3-27-15-8-6-14(7-9-15)23(20(24)18-12-17(21)19(22)28-18)29(25,26)16-10-4-13(2)5-11-16/h4-12H,3H2,1-2H3. The van der Waals surface area contributed by atoms with Gasteiger partial charge in [-0.2, -0.15) is 4.31 Å². The molecule has 0 aliphatic rings. The van der Waals surface area contributed by atoms with Crippen molar-refractivity contribution in [2.24, 2.45) is 0 Å². The number of sulfonamides is 1. The Balaban J connectivity index is 2.12. The summed E-state index contributed by atoms with van der Waals surface area (Å²) in [6, 6.07) is 14.4. The van der Waals surface area contributed by atoms with E-state index in [1.54, 1.807) is 42.5 Å². The van der Waals surface area contributed by atoms with E-state index in [0.29, 0.717) is 20.6 Å². The van der Waals surface area contributed by atoms with Crippen LogP contribution in [0.3, 0.4) is 0 Å². The molecule has 3 rings (SSSR count). The highest BCUT2D eigenvalue weighted by Gasteiger charge is 2.33. The fraction of sp³-hybridized carbons (Fsp3) is 0.150. The first-order valence-electron chi connectivity index (χ1n) is 8.58. The zero-order chi connectivity index (χ0) is 21.2. The van der Waals surface area contributed by atoms with Gasteiger partial charge in [0.05, 0.1) is 25.9 Å². The SMILES string of the molecule is CCOc1ccc(N(C(=O)c2cc(Br)c(Br)s2)S(=O)(=O)c2ccc(C)cc2)cc1. The lowest BCUT2D eigenvalue weighted by Gasteiger charge is -2.22. The normalized spacial score (nSPS) is 11.3. The number of amides is 1. The van der Waals surface area contributed by atoms with Crippen LogP contribution in [0.5, 0.6) is 5.75 Å². The summed E-state index contributed by atoms with van der Waals surface area (Å²) in [7, 11) is -4.13. The lowest BCUT2D eigenvalue weighted by Crippen LogP contribution is -2.36. The molecule has 3 aromatic rings. The number of carbonyl (C=O) groups is 1. The molecule has 0 N–H and O–H groups in total. The molecular formula is C20H17Br2NO4S2. The van der Waals surface area contributed by atoms with Gasteiger partial charge in [-0.25, -0.2) is 8.42 Å². The topological polar surface area (TPSA) is 63.7 Å². The molecule has 0 aliphatic heterocycles. The van der Waals surface area contributed by atoms with E-state index in [0.717, 1.165) is 21.2 Å². The fourth-order valence-corrected chi connectivity index (χ4v) is 6.01. The van der Waals surface area contributed by atoms with Gasteiger partial charge < -0.3 is 4.74 Å². The van der Waals surface area contributed by atoms with Gasteiger partial charge in [-0.15, -0.1) is 11.3 Å². The molecule has 1 heterocycles. The summed E-state index contributed by atoms with van der Waals surface area (Å²) in [5.74, 6) is -0.0378. The van der Waals surface area contributed by atoms with E-state index in [1.807, 2.05) is 13.8 Å². The summed E-state index contributed by atoms with van der Waals surface area (Å²) < 4.78 is 34.5. The summed E-state index contributed by atoms with van der Waals surface area (Å²) in [4.78, 5) is 13.6. The van der Waals surface area contributed by atoms with Gasteiger partial charge in [0.2, 0.25) is 0 Å². The number of thiophene rings is 1. The van der Waals surface area contributed by atoms with E-state index in [4.69, 9.17) is 4.74 Å². The molecule has 0 saturated carbocycles. The lowest BCUT2D eigenvalue weighted by atomic mass is 10.2. The quantitative estimate of drug-likeness (QED) is 0.371. The van der Waals surface area contributed by atoms with E-state index < -0.39 is 15.9 Å². The van der Waals surface area contributed by atoms with Crippen molar-refractivity contribution in [1.82, 2.24) is 0 Å². The number of ether oxygens (including phenoxy) is 1. The minimum Gasteiger partial charge on any atom is -0.494 e. The molecule has 0 spiro atoms. The predicted octanol–water partition coefficient (Wildman–Crippen LogP) is 6.02. The molecule has 1 amide bonds. The average molecular weight is 559 g/mol. The largest absolute Gasteiger partial charge is 0.494 e. The van der Waals surface area contributed by atoms with Crippen LogP contribution in [0.2, 0.25) is 0 Å². The maximum Gasteiger partial charge on any atom is 0.282 e. The first-order valence-corrected chi connectivity index (χ1v) is 12.4. The molecule has 152 valence electrons. The minimum absolute atomic E-state index is 0.0417. The summed E-state index contributed by atoms with van der Waals surface area (Å²) in [5.41, 5.74) is 1.16. The van der Waals surface area contributed by atoms with E-state index in [9.17, 15) is 13.2 Å². The highest BCUT2D eigenvalue weighted by Crippen LogP contribution is 2.35. The van der Waals surface area contributed by atoms with Crippen LogP contribution in [-0.4, -0.2) is 20.9 Å². The molecule has 0 saturated heterocycles. The van der Waals surface area contributed by atoms with Gasteiger partial charge >= 0.3 is 0 Å². The maximum absolute atomic E-state index is 13.4. The van der Waals surface area contributed by atoms with Crippen LogP contribution in [0.1, 0.15) is 22.2 Å². The maximum atomic E-state index is 13.4. The summed E-state index contributed by atoms with van der Waals surface area (Å²) in [6.07, 6.45) is 0. The Hall–Kier alpha value is -1.68. The number of nitrogens with zero attached hydrogens (tertiary/aromatic N) is 1. The van der Waals surface area contributed by atoms with Gasteiger partial charge in [0.15, 0.2) is 0 Å². The Kier molecular flexibility index (Phi) is 6.83. The van der Waals surface area contributed by atoms with Crippen LogP contribution in [0, 0.1) is 6.92 Å². The monoisotopic (exact) mass is 557 g/mol. The highest BCUT2D eigenvalue weighted by molar-refractivity contribution is 9.13. The third-order valence-electron chi connectivity index (χ3n) is 3.98. The molecule has 0 bridgehead atoms. The van der Waals surface area contributed by atoms with Crippen molar-refractivity contribution in [2.45, 2.75) is 18.7 Å². The molecule has 5 nitrogen and oxygen atoms in total. The lowest BCUT2D eigenvalue weighted by molar-refractivity contribution is 0.101. The molecule has 0 radical (unpaired) electrons. The van der Waals surface area contributed by atoms with Crippen LogP contribution < -0.4 is 9.04 Å². The van der Waals surface area contributed by atoms with E-state index in [1.165, 1.54) is 12.1 Å². The zero-order valence-electron chi connectivity index (χ0n) is 15.6. The molecule has 0 unspecified atom stereocenters. The Bertz CT molecular complexity index is 1100. The highest BCUT2D eigenvalue weighted by atomic mass is 79.9. The summed E-state index contributed by atoms with van der Waals surface area (Å²) >= 11 is 7.86. The van der Waals surface area contributed by atoms with Crippen LogP contribution in [0.4, 0.5) is 5.69 Å². The second-order valence-corrected chi connectivity index (χ2v) is 11.1. The molecule has 2 aromatic carbocycles. The number of carbonyl (C=O) groups excluding carboxylic acids is 1. The van der Waals surface area contributed by atoms with Crippen molar-refractivity contribution in [2.75, 3.05) is 10.9 Å². The number of halogens is 2. The van der Waals surface area contributed by atoms with Crippen molar-refractivity contribution >= 4 is 64.8 Å². The third-order valence-corrected chi connectivity index (χ3v) is 8.95. The van der Waals surface area contributed by atoms with Gasteiger partial charge in [-0.1, -0.05) is 17.7 Å². The summed E-state index contributed by atoms with van der Waals surface area (Å²) in [6.45, 7) is 4.21. The number of aryl methyl sites for hydroxylation is 1. The number of rotatable bonds is 6. The first kappa shape index (κ1) is 22.0. The average Bonchev–Trinajstić information content (AvgIpc) is 3.02. The zero-order valence-corrected chi connectivity index (χ0v) is 20.4. The van der Waals surface area contributed by atoms with Crippen LogP contribution >= 0.6 is 43.2 Å². The van der Waals surface area contributed by atoms with Gasteiger partial charge in [0.25, 0.3) is 15.9 Å². The van der Waals surface area contributed by atoms with E-state index in [2.05, 4.69) is 31.9 Å². The predicted molar refractivity (Wildman–Crippen MR) is 123 cm³/mol. The second-order valence-electron chi connectivity index (χ2n) is 6.05. The number of benzene rings is 2. The fourth-order valence-electron chi connectivity index (χ4n) is 2.58. The molecular weight excluding hydrogens is 542 g/mol. The second kappa shape index (κ2) is 8.99. The molecule has 0 fully saturated rings. The van der Waals surface area contributed by atoms with Gasteiger partial charge in [-0.05, 0) is 88.2 Å². The van der Waals surface area contributed by atoms with Crippen LogP contribution in [0.15, 0.2) is 67.8 Å². The Morgan fingerprint density at radius 3 is 2.21 bits per heavy atom. The first-order chi connectivity index (χ1) is 13.7. The molecule has 0 atom stereocenters.